The van der Waals surface area contributed by atoms with Gasteiger partial charge in [-0.05, 0) is 31.6 Å². The fraction of sp³-hybridized carbons (Fsp3) is 0.583. The Morgan fingerprint density at radius 3 is 2.78 bits per heavy atom. The van der Waals surface area contributed by atoms with Crippen molar-refractivity contribution in [2.45, 2.75) is 37.0 Å². The number of anilines is 1. The molecule has 1 fully saturated rings. The quantitative estimate of drug-likeness (QED) is 0.780. The minimum atomic E-state index is 0.292. The molecule has 1 aromatic heterocycles. The number of aromatic nitrogens is 1. The smallest absolute Gasteiger partial charge is 0.150 e. The number of nitrogens with one attached hydrogen (secondary N) is 1. The number of hydrogen-bond donors (Lipinski definition) is 1. The summed E-state index contributed by atoms with van der Waals surface area (Å²) < 4.78 is 0. The molecular weight excluding hydrogens is 311 g/mol. The van der Waals surface area contributed by atoms with Crippen molar-refractivity contribution in [3.8, 4) is 0 Å². The van der Waals surface area contributed by atoms with Gasteiger partial charge < -0.3 is 5.32 Å². The lowest BCUT2D eigenvalue weighted by atomic mass is 9.95. The zero-order valence-electron chi connectivity index (χ0n) is 10.0. The first kappa shape index (κ1) is 14.6. The lowest BCUT2D eigenvalue weighted by Crippen LogP contribution is -2.29. The van der Waals surface area contributed by atoms with Crippen molar-refractivity contribution in [3.05, 3.63) is 21.3 Å². The minimum Gasteiger partial charge on any atom is -0.366 e. The molecule has 100 valence electrons. The molecular formula is C12H15Cl3N2S. The molecule has 0 spiro atoms. The average Bonchev–Trinajstić information content (AvgIpc) is 2.36. The number of thioether (sulfide) groups is 1. The van der Waals surface area contributed by atoms with E-state index in [1.165, 1.54) is 12.8 Å². The number of rotatable bonds is 3. The van der Waals surface area contributed by atoms with Gasteiger partial charge in [-0.2, -0.15) is 11.8 Å². The van der Waals surface area contributed by atoms with Crippen molar-refractivity contribution >= 4 is 52.4 Å². The highest BCUT2D eigenvalue weighted by Crippen LogP contribution is 2.32. The lowest BCUT2D eigenvalue weighted by Gasteiger charge is -2.29. The van der Waals surface area contributed by atoms with Gasteiger partial charge in [0.15, 0.2) is 0 Å². The summed E-state index contributed by atoms with van der Waals surface area (Å²) in [6.45, 7) is 0. The van der Waals surface area contributed by atoms with E-state index >= 15 is 0 Å². The second kappa shape index (κ2) is 6.56. The Labute approximate surface area is 127 Å². The van der Waals surface area contributed by atoms with E-state index in [1.54, 1.807) is 6.07 Å². The predicted octanol–water partition coefficient (Wildman–Crippen LogP) is 5.13. The molecule has 1 N–H and O–H groups in total. The number of nitrogens with zero attached hydrogens (tertiary/aromatic N) is 1. The van der Waals surface area contributed by atoms with Crippen LogP contribution < -0.4 is 5.32 Å². The third-order valence-electron chi connectivity index (χ3n) is 3.19. The summed E-state index contributed by atoms with van der Waals surface area (Å²) in [6, 6.07) is 2.05. The van der Waals surface area contributed by atoms with E-state index in [1.807, 2.05) is 11.8 Å². The Hall–Kier alpha value is 0.170. The molecule has 2 atom stereocenters. The van der Waals surface area contributed by atoms with E-state index in [9.17, 15) is 0 Å². The van der Waals surface area contributed by atoms with Crippen LogP contribution in [-0.2, 0) is 0 Å². The van der Waals surface area contributed by atoms with Crippen molar-refractivity contribution in [3.63, 3.8) is 0 Å². The summed E-state index contributed by atoms with van der Waals surface area (Å²) in [4.78, 5) is 4.20. The van der Waals surface area contributed by atoms with Crippen LogP contribution in [0.1, 0.15) is 25.7 Å². The fourth-order valence-electron chi connectivity index (χ4n) is 2.23. The third kappa shape index (κ3) is 3.60. The maximum Gasteiger partial charge on any atom is 0.150 e. The Morgan fingerprint density at radius 2 is 2.06 bits per heavy atom. The Morgan fingerprint density at radius 1 is 1.28 bits per heavy atom. The van der Waals surface area contributed by atoms with E-state index in [0.29, 0.717) is 27.1 Å². The highest BCUT2D eigenvalue weighted by molar-refractivity contribution is 7.99. The van der Waals surface area contributed by atoms with Crippen molar-refractivity contribution in [2.75, 3.05) is 11.6 Å². The predicted molar refractivity (Wildman–Crippen MR) is 82.4 cm³/mol. The topological polar surface area (TPSA) is 24.9 Å². The van der Waals surface area contributed by atoms with Gasteiger partial charge in [0.25, 0.3) is 0 Å². The van der Waals surface area contributed by atoms with E-state index in [2.05, 4.69) is 16.6 Å². The van der Waals surface area contributed by atoms with Crippen molar-refractivity contribution < 1.29 is 0 Å². The van der Waals surface area contributed by atoms with Gasteiger partial charge in [0, 0.05) is 11.3 Å². The number of pyridine rings is 1. The Bertz CT molecular complexity index is 428. The monoisotopic (exact) mass is 324 g/mol. The molecule has 1 saturated carbocycles. The van der Waals surface area contributed by atoms with Gasteiger partial charge in [-0.15, -0.1) is 0 Å². The molecule has 18 heavy (non-hydrogen) atoms. The van der Waals surface area contributed by atoms with Crippen LogP contribution in [0.25, 0.3) is 0 Å². The first-order valence-electron chi connectivity index (χ1n) is 5.91. The van der Waals surface area contributed by atoms with Crippen molar-refractivity contribution in [2.24, 2.45) is 0 Å². The zero-order chi connectivity index (χ0) is 13.1. The number of halogens is 3. The maximum atomic E-state index is 6.12. The second-order valence-electron chi connectivity index (χ2n) is 4.46. The van der Waals surface area contributed by atoms with Crippen LogP contribution in [0, 0.1) is 0 Å². The van der Waals surface area contributed by atoms with Gasteiger partial charge in [-0.25, -0.2) is 4.98 Å². The maximum absolute atomic E-state index is 6.12. The summed E-state index contributed by atoms with van der Waals surface area (Å²) in [5.41, 5.74) is 0. The van der Waals surface area contributed by atoms with E-state index in [4.69, 9.17) is 34.8 Å². The third-order valence-corrected chi connectivity index (χ3v) is 5.24. The van der Waals surface area contributed by atoms with Gasteiger partial charge in [0.05, 0.1) is 10.0 Å². The average molecular weight is 326 g/mol. The van der Waals surface area contributed by atoms with E-state index in [-0.39, 0.29) is 0 Å². The normalized spacial score (nSPS) is 24.0. The standard InChI is InChI=1S/C12H15Cl3N2S/c1-18-8-4-2-3-7(5-8)16-12-10(14)6-9(13)11(15)17-12/h6-8H,2-5H2,1H3,(H,16,17). The van der Waals surface area contributed by atoms with Gasteiger partial charge in [-0.3, -0.25) is 0 Å². The van der Waals surface area contributed by atoms with Crippen LogP contribution in [0.4, 0.5) is 5.82 Å². The summed E-state index contributed by atoms with van der Waals surface area (Å²) in [7, 11) is 0. The highest BCUT2D eigenvalue weighted by Gasteiger charge is 2.22. The molecule has 1 heterocycles. The highest BCUT2D eigenvalue weighted by atomic mass is 35.5. The number of hydrogen-bond acceptors (Lipinski definition) is 3. The molecule has 2 unspecified atom stereocenters. The zero-order valence-corrected chi connectivity index (χ0v) is 13.1. The molecule has 2 nitrogen and oxygen atoms in total. The molecule has 1 aliphatic carbocycles. The van der Waals surface area contributed by atoms with Crippen molar-refractivity contribution in [1.29, 1.82) is 0 Å². The molecule has 0 aromatic carbocycles. The van der Waals surface area contributed by atoms with Gasteiger partial charge >= 0.3 is 0 Å². The van der Waals surface area contributed by atoms with Crippen LogP contribution >= 0.6 is 46.6 Å². The van der Waals surface area contributed by atoms with Crippen LogP contribution in [0.15, 0.2) is 6.07 Å². The molecule has 6 heteroatoms. The molecule has 0 radical (unpaired) electrons. The molecule has 0 aliphatic heterocycles. The molecule has 1 aromatic rings. The summed E-state index contributed by atoms with van der Waals surface area (Å²) in [5, 5.41) is 5.31. The first-order valence-corrected chi connectivity index (χ1v) is 8.33. The van der Waals surface area contributed by atoms with E-state index in [0.717, 1.165) is 18.1 Å². The summed E-state index contributed by atoms with van der Waals surface area (Å²) >= 11 is 19.8. The van der Waals surface area contributed by atoms with Crippen molar-refractivity contribution in [1.82, 2.24) is 4.98 Å². The fourth-order valence-corrected chi connectivity index (χ4v) is 3.61. The van der Waals surface area contributed by atoms with Gasteiger partial charge in [0.2, 0.25) is 0 Å². The molecule has 0 saturated heterocycles. The van der Waals surface area contributed by atoms with Crippen LogP contribution in [-0.4, -0.2) is 22.5 Å². The SMILES string of the molecule is CSC1CCCC(Nc2nc(Cl)c(Cl)cc2Cl)C1. The summed E-state index contributed by atoms with van der Waals surface area (Å²) in [5.74, 6) is 0.637. The van der Waals surface area contributed by atoms with Crippen LogP contribution in [0.2, 0.25) is 15.2 Å². The Kier molecular flexibility index (Phi) is 5.31. The van der Waals surface area contributed by atoms with Crippen LogP contribution in [0.3, 0.4) is 0 Å². The molecule has 0 bridgehead atoms. The van der Waals surface area contributed by atoms with Gasteiger partial charge in [-0.1, -0.05) is 41.2 Å². The Balaban J connectivity index is 2.07. The van der Waals surface area contributed by atoms with E-state index < -0.39 is 0 Å². The lowest BCUT2D eigenvalue weighted by molar-refractivity contribution is 0.473. The largest absolute Gasteiger partial charge is 0.366 e. The van der Waals surface area contributed by atoms with Crippen LogP contribution in [0.5, 0.6) is 0 Å². The van der Waals surface area contributed by atoms with Gasteiger partial charge in [0.1, 0.15) is 11.0 Å². The molecule has 2 rings (SSSR count). The minimum absolute atomic E-state index is 0.292. The molecule has 0 amide bonds. The summed E-state index contributed by atoms with van der Waals surface area (Å²) in [6.07, 6.45) is 6.98. The first-order chi connectivity index (χ1) is 8.60. The molecule has 1 aliphatic rings. The second-order valence-corrected chi connectivity index (χ2v) is 6.77.